The zero-order valence-electron chi connectivity index (χ0n) is 13.4. The summed E-state index contributed by atoms with van der Waals surface area (Å²) in [7, 11) is 0. The molecular weight excluding hydrogens is 377 g/mol. The first-order valence-corrected chi connectivity index (χ1v) is 8.07. The highest BCUT2D eigenvalue weighted by Crippen LogP contribution is 2.20. The van der Waals surface area contributed by atoms with Crippen LogP contribution in [0.15, 0.2) is 41.4 Å². The molecule has 1 heterocycles. The van der Waals surface area contributed by atoms with Crippen LogP contribution in [0.25, 0.3) is 0 Å². The molecule has 0 unspecified atom stereocenters. The van der Waals surface area contributed by atoms with Gasteiger partial charge >= 0.3 is 5.97 Å². The highest BCUT2D eigenvalue weighted by molar-refractivity contribution is 9.10. The van der Waals surface area contributed by atoms with Gasteiger partial charge in [-0.3, -0.25) is 4.79 Å². The van der Waals surface area contributed by atoms with Crippen LogP contribution in [0.1, 0.15) is 32.1 Å². The first-order valence-electron chi connectivity index (χ1n) is 7.28. The van der Waals surface area contributed by atoms with Crippen molar-refractivity contribution >= 4 is 27.7 Å². The molecule has 6 heteroatoms. The standard InChI is InChI=1S/C18H17BrFNO3/c1-4-7-21-11(2)8-14(12(21)3)17(22)10-24-18(23)15-9-13(20)5-6-16(15)19/h4-6,8-9H,1,7,10H2,2-3H3. The minimum Gasteiger partial charge on any atom is -0.454 e. The van der Waals surface area contributed by atoms with Crippen molar-refractivity contribution in [2.24, 2.45) is 0 Å². The van der Waals surface area contributed by atoms with E-state index in [0.717, 1.165) is 17.5 Å². The lowest BCUT2D eigenvalue weighted by atomic mass is 10.1. The van der Waals surface area contributed by atoms with Gasteiger partial charge in [-0.15, -0.1) is 6.58 Å². The average Bonchev–Trinajstić information content (AvgIpc) is 2.83. The second kappa shape index (κ2) is 7.57. The number of esters is 1. The normalized spacial score (nSPS) is 10.5. The third kappa shape index (κ3) is 3.82. The van der Waals surface area contributed by atoms with Crippen molar-refractivity contribution < 1.29 is 18.7 Å². The maximum absolute atomic E-state index is 13.2. The number of nitrogens with zero attached hydrogens (tertiary/aromatic N) is 1. The maximum Gasteiger partial charge on any atom is 0.339 e. The number of benzene rings is 1. The molecule has 0 bridgehead atoms. The molecule has 0 atom stereocenters. The van der Waals surface area contributed by atoms with Gasteiger partial charge in [-0.05, 0) is 54.0 Å². The van der Waals surface area contributed by atoms with Crippen molar-refractivity contribution in [3.05, 3.63) is 69.7 Å². The molecule has 0 aliphatic rings. The molecule has 2 aromatic rings. The Morgan fingerprint density at radius 3 is 2.67 bits per heavy atom. The van der Waals surface area contributed by atoms with Gasteiger partial charge in [0.05, 0.1) is 5.56 Å². The predicted molar refractivity (Wildman–Crippen MR) is 92.8 cm³/mol. The van der Waals surface area contributed by atoms with E-state index in [1.807, 2.05) is 18.4 Å². The number of rotatable bonds is 6. The summed E-state index contributed by atoms with van der Waals surface area (Å²) in [5.41, 5.74) is 2.26. The van der Waals surface area contributed by atoms with Crippen LogP contribution >= 0.6 is 15.9 Å². The number of allylic oxidation sites excluding steroid dienone is 1. The van der Waals surface area contributed by atoms with E-state index in [9.17, 15) is 14.0 Å². The third-order valence-electron chi connectivity index (χ3n) is 3.67. The Kier molecular flexibility index (Phi) is 5.72. The van der Waals surface area contributed by atoms with Gasteiger partial charge < -0.3 is 9.30 Å². The van der Waals surface area contributed by atoms with Gasteiger partial charge in [0.25, 0.3) is 0 Å². The fourth-order valence-corrected chi connectivity index (χ4v) is 2.84. The van der Waals surface area contributed by atoms with Crippen molar-refractivity contribution in [3.8, 4) is 0 Å². The van der Waals surface area contributed by atoms with Gasteiger partial charge in [0, 0.05) is 28.0 Å². The first kappa shape index (κ1) is 18.1. The van der Waals surface area contributed by atoms with Gasteiger partial charge in [-0.1, -0.05) is 6.08 Å². The number of hydrogen-bond donors (Lipinski definition) is 0. The van der Waals surface area contributed by atoms with Crippen molar-refractivity contribution in [1.82, 2.24) is 4.57 Å². The molecule has 0 saturated carbocycles. The zero-order chi connectivity index (χ0) is 17.9. The summed E-state index contributed by atoms with van der Waals surface area (Å²) in [5, 5.41) is 0. The number of hydrogen-bond acceptors (Lipinski definition) is 3. The third-order valence-corrected chi connectivity index (χ3v) is 4.36. The molecule has 126 valence electrons. The maximum atomic E-state index is 13.2. The average molecular weight is 394 g/mol. The number of aryl methyl sites for hydroxylation is 1. The molecule has 0 aliphatic heterocycles. The topological polar surface area (TPSA) is 48.3 Å². The first-order chi connectivity index (χ1) is 11.3. The van der Waals surface area contributed by atoms with E-state index in [0.29, 0.717) is 16.6 Å². The molecule has 1 aromatic carbocycles. The Morgan fingerprint density at radius 2 is 2.00 bits per heavy atom. The molecule has 0 fully saturated rings. The summed E-state index contributed by atoms with van der Waals surface area (Å²) in [6.07, 6.45) is 1.75. The molecule has 0 N–H and O–H groups in total. The number of halogens is 2. The van der Waals surface area contributed by atoms with E-state index in [1.165, 1.54) is 12.1 Å². The summed E-state index contributed by atoms with van der Waals surface area (Å²) in [5.74, 6) is -1.61. The van der Waals surface area contributed by atoms with E-state index in [-0.39, 0.29) is 11.3 Å². The van der Waals surface area contributed by atoms with Crippen molar-refractivity contribution in [1.29, 1.82) is 0 Å². The quantitative estimate of drug-likeness (QED) is 0.419. The molecule has 24 heavy (non-hydrogen) atoms. The van der Waals surface area contributed by atoms with Gasteiger partial charge in [-0.25, -0.2) is 9.18 Å². The van der Waals surface area contributed by atoms with Crippen molar-refractivity contribution in [3.63, 3.8) is 0 Å². The number of aromatic nitrogens is 1. The second-order valence-electron chi connectivity index (χ2n) is 5.31. The highest BCUT2D eigenvalue weighted by atomic mass is 79.9. The van der Waals surface area contributed by atoms with E-state index in [4.69, 9.17) is 4.74 Å². The van der Waals surface area contributed by atoms with Crippen LogP contribution < -0.4 is 0 Å². The van der Waals surface area contributed by atoms with Crippen LogP contribution in [0.3, 0.4) is 0 Å². The van der Waals surface area contributed by atoms with E-state index < -0.39 is 18.4 Å². The van der Waals surface area contributed by atoms with Crippen LogP contribution in [-0.2, 0) is 11.3 Å². The Hall–Kier alpha value is -2.21. The van der Waals surface area contributed by atoms with Crippen LogP contribution in [0.5, 0.6) is 0 Å². The summed E-state index contributed by atoms with van der Waals surface area (Å²) >= 11 is 3.16. The lowest BCUT2D eigenvalue weighted by Crippen LogP contribution is -2.15. The summed E-state index contributed by atoms with van der Waals surface area (Å²) in [6.45, 7) is 7.61. The van der Waals surface area contributed by atoms with Crippen LogP contribution in [0.2, 0.25) is 0 Å². The number of ether oxygens (including phenoxy) is 1. The summed E-state index contributed by atoms with van der Waals surface area (Å²) in [4.78, 5) is 24.3. The largest absolute Gasteiger partial charge is 0.454 e. The van der Waals surface area contributed by atoms with E-state index in [1.54, 1.807) is 12.1 Å². The number of ketones is 1. The lowest BCUT2D eigenvalue weighted by molar-refractivity contribution is 0.0473. The zero-order valence-corrected chi connectivity index (χ0v) is 15.0. The van der Waals surface area contributed by atoms with Gasteiger partial charge in [0.1, 0.15) is 5.82 Å². The fourth-order valence-electron chi connectivity index (χ4n) is 2.43. The smallest absolute Gasteiger partial charge is 0.339 e. The number of carbonyl (C=O) groups excluding carboxylic acids is 2. The minimum absolute atomic E-state index is 0.0416. The van der Waals surface area contributed by atoms with Crippen molar-refractivity contribution in [2.75, 3.05) is 6.61 Å². The van der Waals surface area contributed by atoms with Crippen molar-refractivity contribution in [2.45, 2.75) is 20.4 Å². The Bertz CT molecular complexity index is 811. The molecule has 1 aromatic heterocycles. The number of carbonyl (C=O) groups is 2. The van der Waals surface area contributed by atoms with Gasteiger partial charge in [0.2, 0.25) is 5.78 Å². The molecule has 0 saturated heterocycles. The number of Topliss-reactive ketones (excluding diaryl/α,β-unsaturated/α-hetero) is 1. The SMILES string of the molecule is C=CCn1c(C)cc(C(=O)COC(=O)c2cc(F)ccc2Br)c1C. The molecule has 0 amide bonds. The predicted octanol–water partition coefficient (Wildman–Crippen LogP) is 4.23. The summed E-state index contributed by atoms with van der Waals surface area (Å²) in [6, 6.07) is 5.46. The van der Waals surface area contributed by atoms with Crippen LogP contribution in [-0.4, -0.2) is 22.9 Å². The monoisotopic (exact) mass is 393 g/mol. The summed E-state index contributed by atoms with van der Waals surface area (Å²) < 4.78 is 20.6. The Morgan fingerprint density at radius 1 is 1.29 bits per heavy atom. The molecule has 4 nitrogen and oxygen atoms in total. The van der Waals surface area contributed by atoms with Gasteiger partial charge in [-0.2, -0.15) is 0 Å². The fraction of sp³-hybridized carbons (Fsp3) is 0.222. The Labute approximate surface area is 148 Å². The van der Waals surface area contributed by atoms with Crippen LogP contribution in [0.4, 0.5) is 4.39 Å². The molecule has 0 radical (unpaired) electrons. The molecule has 0 aliphatic carbocycles. The lowest BCUT2D eigenvalue weighted by Gasteiger charge is -2.07. The minimum atomic E-state index is -0.755. The van der Waals surface area contributed by atoms with Crippen LogP contribution in [0, 0.1) is 19.7 Å². The molecular formula is C18H17BrFNO3. The van der Waals surface area contributed by atoms with E-state index >= 15 is 0 Å². The molecule has 2 rings (SSSR count). The van der Waals surface area contributed by atoms with E-state index in [2.05, 4.69) is 22.5 Å². The van der Waals surface area contributed by atoms with Gasteiger partial charge in [0.15, 0.2) is 6.61 Å². The second-order valence-corrected chi connectivity index (χ2v) is 6.16. The highest BCUT2D eigenvalue weighted by Gasteiger charge is 2.18. The molecule has 0 spiro atoms. The Balaban J connectivity index is 2.11.